The van der Waals surface area contributed by atoms with Gasteiger partial charge in [0.2, 0.25) is 35.9 Å². The minimum atomic E-state index is -1.04. The lowest BCUT2D eigenvalue weighted by Crippen LogP contribution is -2.55. The number of hydrogen-bond acceptors (Lipinski definition) is 7. The highest BCUT2D eigenvalue weighted by Crippen LogP contribution is 2.34. The first kappa shape index (κ1) is 49.1. The van der Waals surface area contributed by atoms with Crippen LogP contribution in [0.5, 0.6) is 0 Å². The Morgan fingerprint density at radius 3 is 2.03 bits per heavy atom. The molecule has 1 heterocycles. The van der Waals surface area contributed by atoms with E-state index in [0.29, 0.717) is 29.6 Å². The quantitative estimate of drug-likeness (QED) is 0.113. The van der Waals surface area contributed by atoms with Gasteiger partial charge in [-0.1, -0.05) is 98.8 Å². The molecule has 6 amide bonds. The van der Waals surface area contributed by atoms with Crippen molar-refractivity contribution in [2.45, 2.75) is 129 Å². The van der Waals surface area contributed by atoms with Gasteiger partial charge in [0.15, 0.2) is 0 Å². The second-order valence-corrected chi connectivity index (χ2v) is 16.4. The minimum Gasteiger partial charge on any atom is -0.372 e. The molecular formula is C45H69N7O6. The molecule has 4 rings (SSSR count). The summed E-state index contributed by atoms with van der Waals surface area (Å²) >= 11 is 0. The van der Waals surface area contributed by atoms with Crippen molar-refractivity contribution < 1.29 is 28.8 Å². The maximum atomic E-state index is 14.4. The number of benzene rings is 2. The van der Waals surface area contributed by atoms with Crippen molar-refractivity contribution >= 4 is 35.9 Å². The molecule has 1 aliphatic heterocycles. The highest BCUT2D eigenvalue weighted by Gasteiger charge is 2.42. The Hall–Kier alpha value is -5.04. The van der Waals surface area contributed by atoms with E-state index in [9.17, 15) is 24.0 Å². The Kier molecular flexibility index (Phi) is 20.9. The monoisotopic (exact) mass is 804 g/mol. The van der Waals surface area contributed by atoms with Gasteiger partial charge in [-0.2, -0.15) is 0 Å². The SMILES string of the molecule is C=C(C(=O)NCC(=O)NC(C(N)=O)c1cc(C)cc(C)c1)C(CCC)C1CCCN1C(=O)C(NC(=O)Cc1ccccc1)C1CCCCC1.CNC(C)(C)C.NC=O. The molecule has 320 valence electrons. The van der Waals surface area contributed by atoms with E-state index in [0.717, 1.165) is 68.1 Å². The number of aryl methyl sites for hydroxylation is 2. The van der Waals surface area contributed by atoms with E-state index in [-0.39, 0.29) is 49.1 Å². The average Bonchev–Trinajstić information content (AvgIpc) is 3.67. The van der Waals surface area contributed by atoms with Crippen molar-refractivity contribution in [1.82, 2.24) is 26.2 Å². The highest BCUT2D eigenvalue weighted by atomic mass is 16.2. The third-order valence-electron chi connectivity index (χ3n) is 10.6. The fourth-order valence-corrected chi connectivity index (χ4v) is 7.58. The van der Waals surface area contributed by atoms with Crippen LogP contribution in [-0.4, -0.2) is 78.6 Å². The van der Waals surface area contributed by atoms with Gasteiger partial charge in [0, 0.05) is 29.6 Å². The molecule has 0 aromatic heterocycles. The number of nitrogens with one attached hydrogen (secondary N) is 4. The van der Waals surface area contributed by atoms with E-state index in [1.807, 2.05) is 69.1 Å². The smallest absolute Gasteiger partial charge is 0.247 e. The summed E-state index contributed by atoms with van der Waals surface area (Å²) in [5.74, 6) is -2.26. The molecule has 1 saturated carbocycles. The molecule has 8 N–H and O–H groups in total. The molecule has 2 fully saturated rings. The lowest BCUT2D eigenvalue weighted by atomic mass is 9.82. The molecule has 0 spiro atoms. The second-order valence-electron chi connectivity index (χ2n) is 16.4. The summed E-state index contributed by atoms with van der Waals surface area (Å²) in [5, 5.41) is 11.5. The first-order valence-corrected chi connectivity index (χ1v) is 20.6. The molecule has 2 aromatic carbocycles. The molecular weight excluding hydrogens is 735 g/mol. The summed E-state index contributed by atoms with van der Waals surface area (Å²) in [6, 6.07) is 13.1. The van der Waals surface area contributed by atoms with E-state index in [1.165, 1.54) is 0 Å². The third kappa shape index (κ3) is 16.4. The van der Waals surface area contributed by atoms with Crippen LogP contribution in [0.1, 0.15) is 114 Å². The summed E-state index contributed by atoms with van der Waals surface area (Å²) in [7, 11) is 1.96. The maximum Gasteiger partial charge on any atom is 0.247 e. The van der Waals surface area contributed by atoms with Crippen LogP contribution in [0.3, 0.4) is 0 Å². The van der Waals surface area contributed by atoms with Crippen molar-refractivity contribution in [3.05, 3.63) is 82.9 Å². The number of amides is 6. The summed E-state index contributed by atoms with van der Waals surface area (Å²) in [6.07, 6.45) is 8.32. The van der Waals surface area contributed by atoms with Gasteiger partial charge >= 0.3 is 0 Å². The molecule has 0 bridgehead atoms. The van der Waals surface area contributed by atoms with E-state index >= 15 is 0 Å². The predicted octanol–water partition coefficient (Wildman–Crippen LogP) is 4.44. The number of nitrogens with two attached hydrogens (primary N) is 2. The van der Waals surface area contributed by atoms with Crippen LogP contribution < -0.4 is 32.7 Å². The van der Waals surface area contributed by atoms with Crippen molar-refractivity contribution in [2.75, 3.05) is 20.1 Å². The summed E-state index contributed by atoms with van der Waals surface area (Å²) in [6.45, 7) is 16.5. The fraction of sp³-hybridized carbons (Fsp3) is 0.556. The Morgan fingerprint density at radius 1 is 0.914 bits per heavy atom. The van der Waals surface area contributed by atoms with Crippen LogP contribution in [0.25, 0.3) is 0 Å². The van der Waals surface area contributed by atoms with Gasteiger partial charge in [0.1, 0.15) is 12.1 Å². The number of carbonyl (C=O) groups is 6. The van der Waals surface area contributed by atoms with E-state index < -0.39 is 29.8 Å². The first-order chi connectivity index (χ1) is 27.5. The Bertz CT molecular complexity index is 1650. The Balaban J connectivity index is 0.00000116. The molecule has 58 heavy (non-hydrogen) atoms. The Labute approximate surface area is 345 Å². The molecule has 1 aliphatic carbocycles. The largest absolute Gasteiger partial charge is 0.372 e. The average molecular weight is 804 g/mol. The fourth-order valence-electron chi connectivity index (χ4n) is 7.58. The van der Waals surface area contributed by atoms with Gasteiger partial charge in [-0.15, -0.1) is 0 Å². The summed E-state index contributed by atoms with van der Waals surface area (Å²) in [4.78, 5) is 76.6. The zero-order valence-corrected chi connectivity index (χ0v) is 35.8. The van der Waals surface area contributed by atoms with E-state index in [4.69, 9.17) is 10.5 Å². The van der Waals surface area contributed by atoms with Gasteiger partial charge in [0.05, 0.1) is 13.0 Å². The molecule has 1 saturated heterocycles. The number of carbonyl (C=O) groups excluding carboxylic acids is 6. The number of hydrogen-bond donors (Lipinski definition) is 6. The highest BCUT2D eigenvalue weighted by molar-refractivity contribution is 5.97. The normalized spacial score (nSPS) is 16.8. The van der Waals surface area contributed by atoms with Gasteiger partial charge in [-0.25, -0.2) is 0 Å². The zero-order valence-electron chi connectivity index (χ0n) is 35.8. The summed E-state index contributed by atoms with van der Waals surface area (Å²) < 4.78 is 0. The molecule has 4 atom stereocenters. The lowest BCUT2D eigenvalue weighted by Gasteiger charge is -2.38. The van der Waals surface area contributed by atoms with E-state index in [1.54, 1.807) is 12.1 Å². The van der Waals surface area contributed by atoms with Crippen LogP contribution in [0.2, 0.25) is 0 Å². The molecule has 4 unspecified atom stereocenters. The minimum absolute atomic E-state index is 0.0600. The second kappa shape index (κ2) is 24.7. The first-order valence-electron chi connectivity index (χ1n) is 20.6. The molecule has 0 radical (unpaired) electrons. The molecule has 2 aromatic rings. The van der Waals surface area contributed by atoms with Gasteiger partial charge in [-0.3, -0.25) is 28.8 Å². The van der Waals surface area contributed by atoms with Crippen LogP contribution in [0.15, 0.2) is 60.7 Å². The van der Waals surface area contributed by atoms with E-state index in [2.05, 4.69) is 54.4 Å². The topological polar surface area (TPSA) is 206 Å². The molecule has 2 aliphatic rings. The number of likely N-dealkylation sites (tertiary alicyclic amines) is 1. The van der Waals surface area contributed by atoms with Crippen LogP contribution in [-0.2, 0) is 35.2 Å². The number of primary amides is 2. The van der Waals surface area contributed by atoms with Gasteiger partial charge in [-0.05, 0) is 90.8 Å². The lowest BCUT2D eigenvalue weighted by molar-refractivity contribution is -0.140. The third-order valence-corrected chi connectivity index (χ3v) is 10.6. The number of nitrogens with zero attached hydrogens (tertiary/aromatic N) is 1. The van der Waals surface area contributed by atoms with Crippen molar-refractivity contribution in [2.24, 2.45) is 23.3 Å². The van der Waals surface area contributed by atoms with Crippen molar-refractivity contribution in [3.63, 3.8) is 0 Å². The maximum absolute atomic E-state index is 14.4. The number of rotatable bonds is 15. The van der Waals surface area contributed by atoms with Gasteiger partial charge in [0.25, 0.3) is 0 Å². The van der Waals surface area contributed by atoms with Crippen LogP contribution >= 0.6 is 0 Å². The molecule has 13 nitrogen and oxygen atoms in total. The molecule has 13 heteroatoms. The predicted molar refractivity (Wildman–Crippen MR) is 229 cm³/mol. The van der Waals surface area contributed by atoms with Crippen LogP contribution in [0.4, 0.5) is 0 Å². The van der Waals surface area contributed by atoms with Crippen molar-refractivity contribution in [3.8, 4) is 0 Å². The zero-order chi connectivity index (χ0) is 43.4. The van der Waals surface area contributed by atoms with Crippen molar-refractivity contribution in [1.29, 1.82) is 0 Å². The van der Waals surface area contributed by atoms with Gasteiger partial charge < -0.3 is 37.6 Å². The summed E-state index contributed by atoms with van der Waals surface area (Å²) in [5.41, 5.74) is 13.7. The Morgan fingerprint density at radius 2 is 1.50 bits per heavy atom. The standard InChI is InChI=1S/C39H53N5O5.C5H13N.CH3NO/c1-5-13-31(27(4)38(48)41-24-34(46)43-35(37(40)47)30-21-25(2)20-26(3)22-30)32-18-12-19-44(32)39(49)36(29-16-10-7-11-17-29)42-33(45)23-28-14-8-6-9-15-28;1-5(2,3)6-4;2-1-3/h6,8-9,14-15,20-22,29,31-32,35-36H,4-5,7,10-13,16-19,23-24H2,1-3H3,(H2,40,47)(H,41,48)(H,42,45)(H,43,46);6H,1-4H3;1H,(H2,2,3). The van der Waals surface area contributed by atoms with Crippen LogP contribution in [0, 0.1) is 25.7 Å².